The Kier molecular flexibility index (Phi) is 6.85. The quantitative estimate of drug-likeness (QED) is 0.717. The van der Waals surface area contributed by atoms with Gasteiger partial charge in [-0.05, 0) is 18.1 Å². The Labute approximate surface area is 117 Å². The van der Waals surface area contributed by atoms with Crippen LogP contribution in [0.1, 0.15) is 45.6 Å². The summed E-state index contributed by atoms with van der Waals surface area (Å²) in [4.78, 5) is 2.04. The van der Waals surface area contributed by atoms with Crippen LogP contribution in [-0.2, 0) is 6.54 Å². The fraction of sp³-hybridized carbons (Fsp3) is 0.625. The zero-order chi connectivity index (χ0) is 14.3. The molecule has 1 aromatic carbocycles. The molecule has 108 valence electrons. The van der Waals surface area contributed by atoms with Crippen molar-refractivity contribution in [2.75, 3.05) is 18.5 Å². The highest BCUT2D eigenvalue weighted by molar-refractivity contribution is 5.54. The summed E-state index contributed by atoms with van der Waals surface area (Å²) in [6.07, 6.45) is 3.49. The van der Waals surface area contributed by atoms with E-state index in [0.717, 1.165) is 24.2 Å². The highest BCUT2D eigenvalue weighted by atomic mass is 19.1. The van der Waals surface area contributed by atoms with Crippen molar-refractivity contribution < 1.29 is 4.39 Å². The van der Waals surface area contributed by atoms with E-state index in [1.165, 1.54) is 12.8 Å². The van der Waals surface area contributed by atoms with Gasteiger partial charge >= 0.3 is 0 Å². The van der Waals surface area contributed by atoms with Crippen LogP contribution in [0.3, 0.4) is 0 Å². The minimum absolute atomic E-state index is 0.123. The number of anilines is 1. The SMILES string of the molecule is CCCCCN(C)c1c(F)cccc1CNC(C)C. The van der Waals surface area contributed by atoms with E-state index < -0.39 is 0 Å². The van der Waals surface area contributed by atoms with E-state index in [4.69, 9.17) is 0 Å². The lowest BCUT2D eigenvalue weighted by molar-refractivity contribution is 0.578. The molecule has 0 saturated heterocycles. The van der Waals surface area contributed by atoms with Crippen LogP contribution >= 0.6 is 0 Å². The Balaban J connectivity index is 2.78. The molecule has 3 heteroatoms. The number of rotatable bonds is 8. The number of para-hydroxylation sites is 1. The third kappa shape index (κ3) is 5.19. The minimum atomic E-state index is -0.123. The molecule has 0 amide bonds. The van der Waals surface area contributed by atoms with Gasteiger partial charge in [0.25, 0.3) is 0 Å². The van der Waals surface area contributed by atoms with Crippen molar-refractivity contribution in [3.63, 3.8) is 0 Å². The minimum Gasteiger partial charge on any atom is -0.372 e. The number of halogens is 1. The molecule has 0 radical (unpaired) electrons. The molecule has 0 aliphatic rings. The summed E-state index contributed by atoms with van der Waals surface area (Å²) in [6, 6.07) is 5.74. The third-order valence-electron chi connectivity index (χ3n) is 3.25. The topological polar surface area (TPSA) is 15.3 Å². The second kappa shape index (κ2) is 8.16. The van der Waals surface area contributed by atoms with E-state index in [1.54, 1.807) is 12.1 Å². The van der Waals surface area contributed by atoms with Crippen LogP contribution in [0.15, 0.2) is 18.2 Å². The second-order valence-corrected chi connectivity index (χ2v) is 5.41. The summed E-state index contributed by atoms with van der Waals surface area (Å²) in [5.74, 6) is -0.123. The number of hydrogen-bond donors (Lipinski definition) is 1. The predicted octanol–water partition coefficient (Wildman–Crippen LogP) is 3.95. The molecular weight excluding hydrogens is 239 g/mol. The van der Waals surface area contributed by atoms with Crippen molar-refractivity contribution >= 4 is 5.69 Å². The fourth-order valence-corrected chi connectivity index (χ4v) is 2.15. The van der Waals surface area contributed by atoms with E-state index in [9.17, 15) is 4.39 Å². The van der Waals surface area contributed by atoms with Crippen LogP contribution in [0.5, 0.6) is 0 Å². The summed E-state index contributed by atoms with van der Waals surface area (Å²) in [5.41, 5.74) is 1.78. The van der Waals surface area contributed by atoms with Gasteiger partial charge in [-0.15, -0.1) is 0 Å². The largest absolute Gasteiger partial charge is 0.372 e. The molecule has 2 nitrogen and oxygen atoms in total. The molecule has 1 N–H and O–H groups in total. The van der Waals surface area contributed by atoms with Crippen molar-refractivity contribution in [3.8, 4) is 0 Å². The van der Waals surface area contributed by atoms with Crippen molar-refractivity contribution in [2.24, 2.45) is 0 Å². The van der Waals surface area contributed by atoms with Gasteiger partial charge < -0.3 is 10.2 Å². The summed E-state index contributed by atoms with van der Waals surface area (Å²) in [7, 11) is 1.98. The average Bonchev–Trinajstić information content (AvgIpc) is 2.36. The molecule has 0 aliphatic carbocycles. The molecule has 0 heterocycles. The van der Waals surface area contributed by atoms with Gasteiger partial charge in [-0.2, -0.15) is 0 Å². The fourth-order valence-electron chi connectivity index (χ4n) is 2.15. The molecule has 0 spiro atoms. The van der Waals surface area contributed by atoms with Gasteiger partial charge in [-0.25, -0.2) is 4.39 Å². The maximum Gasteiger partial charge on any atom is 0.146 e. The predicted molar refractivity (Wildman–Crippen MR) is 81.2 cm³/mol. The Morgan fingerprint density at radius 3 is 2.63 bits per heavy atom. The maximum atomic E-state index is 14.1. The second-order valence-electron chi connectivity index (χ2n) is 5.41. The van der Waals surface area contributed by atoms with Gasteiger partial charge in [0.1, 0.15) is 5.82 Å². The Morgan fingerprint density at radius 1 is 1.26 bits per heavy atom. The Bertz CT molecular complexity index is 377. The van der Waals surface area contributed by atoms with Crippen LogP contribution in [-0.4, -0.2) is 19.6 Å². The molecule has 0 aromatic heterocycles. The zero-order valence-electron chi connectivity index (χ0n) is 12.7. The Morgan fingerprint density at radius 2 is 2.00 bits per heavy atom. The van der Waals surface area contributed by atoms with E-state index in [-0.39, 0.29) is 5.82 Å². The van der Waals surface area contributed by atoms with Crippen LogP contribution in [0, 0.1) is 5.82 Å². The third-order valence-corrected chi connectivity index (χ3v) is 3.25. The smallest absolute Gasteiger partial charge is 0.146 e. The number of hydrogen-bond acceptors (Lipinski definition) is 2. The molecule has 0 atom stereocenters. The van der Waals surface area contributed by atoms with Gasteiger partial charge in [0.05, 0.1) is 5.69 Å². The van der Waals surface area contributed by atoms with E-state index in [0.29, 0.717) is 12.6 Å². The number of nitrogens with zero attached hydrogens (tertiary/aromatic N) is 1. The summed E-state index contributed by atoms with van der Waals surface area (Å²) >= 11 is 0. The molecule has 0 unspecified atom stereocenters. The van der Waals surface area contributed by atoms with E-state index in [2.05, 4.69) is 26.1 Å². The maximum absolute atomic E-state index is 14.1. The molecule has 0 saturated carbocycles. The summed E-state index contributed by atoms with van der Waals surface area (Å²) < 4.78 is 14.1. The average molecular weight is 266 g/mol. The molecule has 19 heavy (non-hydrogen) atoms. The molecule has 1 aromatic rings. The highest BCUT2D eigenvalue weighted by Gasteiger charge is 2.12. The highest BCUT2D eigenvalue weighted by Crippen LogP contribution is 2.24. The monoisotopic (exact) mass is 266 g/mol. The van der Waals surface area contributed by atoms with Crippen LogP contribution < -0.4 is 10.2 Å². The van der Waals surface area contributed by atoms with Crippen molar-refractivity contribution in [2.45, 2.75) is 52.6 Å². The lowest BCUT2D eigenvalue weighted by Gasteiger charge is -2.23. The van der Waals surface area contributed by atoms with Crippen LogP contribution in [0.2, 0.25) is 0 Å². The molecule has 0 aliphatic heterocycles. The normalized spacial score (nSPS) is 11.1. The first-order valence-electron chi connectivity index (χ1n) is 7.28. The number of nitrogens with one attached hydrogen (secondary N) is 1. The van der Waals surface area contributed by atoms with Crippen molar-refractivity contribution in [1.82, 2.24) is 5.32 Å². The van der Waals surface area contributed by atoms with Gasteiger partial charge in [0, 0.05) is 26.2 Å². The zero-order valence-corrected chi connectivity index (χ0v) is 12.7. The van der Waals surface area contributed by atoms with E-state index in [1.807, 2.05) is 18.0 Å². The molecule has 0 bridgehead atoms. The lowest BCUT2D eigenvalue weighted by Crippen LogP contribution is -2.26. The van der Waals surface area contributed by atoms with Crippen molar-refractivity contribution in [3.05, 3.63) is 29.6 Å². The van der Waals surface area contributed by atoms with Gasteiger partial charge in [-0.3, -0.25) is 0 Å². The van der Waals surface area contributed by atoms with Crippen molar-refractivity contribution in [1.29, 1.82) is 0 Å². The van der Waals surface area contributed by atoms with Crippen LogP contribution in [0.25, 0.3) is 0 Å². The van der Waals surface area contributed by atoms with Gasteiger partial charge in [0.15, 0.2) is 0 Å². The van der Waals surface area contributed by atoms with Crippen LogP contribution in [0.4, 0.5) is 10.1 Å². The first-order valence-corrected chi connectivity index (χ1v) is 7.28. The first-order chi connectivity index (χ1) is 9.06. The molecular formula is C16H27FN2. The number of benzene rings is 1. The number of unbranched alkanes of at least 4 members (excludes halogenated alkanes) is 2. The summed E-state index contributed by atoms with van der Waals surface area (Å²) in [6.45, 7) is 8.00. The lowest BCUT2D eigenvalue weighted by atomic mass is 10.1. The first kappa shape index (κ1) is 16.0. The molecule has 0 fully saturated rings. The molecule has 1 rings (SSSR count). The summed E-state index contributed by atoms with van der Waals surface area (Å²) in [5, 5.41) is 3.36. The van der Waals surface area contributed by atoms with Gasteiger partial charge in [0.2, 0.25) is 0 Å². The Hall–Kier alpha value is -1.09. The van der Waals surface area contributed by atoms with Gasteiger partial charge in [-0.1, -0.05) is 45.7 Å². The van der Waals surface area contributed by atoms with E-state index >= 15 is 0 Å². The standard InChI is InChI=1S/C16H27FN2/c1-5-6-7-11-19(4)16-14(12-18-13(2)3)9-8-10-15(16)17/h8-10,13,18H,5-7,11-12H2,1-4H3.